The molecule has 1 aromatic carbocycles. The molecule has 1 aliphatic heterocycles. The molecule has 0 aliphatic carbocycles. The number of carbonyl (C=O) groups is 1. The van der Waals surface area contributed by atoms with Crippen molar-refractivity contribution in [3.63, 3.8) is 0 Å². The average Bonchev–Trinajstić information content (AvgIpc) is 2.63. The van der Waals surface area contributed by atoms with Gasteiger partial charge in [0.2, 0.25) is 5.91 Å². The number of rotatable bonds is 8. The second-order valence-corrected chi connectivity index (χ2v) is 6.99. The normalized spacial score (nSPS) is 15.1. The number of amides is 1. The number of nitrogens with zero attached hydrogens (tertiary/aromatic N) is 1. The summed E-state index contributed by atoms with van der Waals surface area (Å²) >= 11 is 1.70. The highest BCUT2D eigenvalue weighted by Crippen LogP contribution is 2.23. The van der Waals surface area contributed by atoms with Crippen molar-refractivity contribution in [2.75, 3.05) is 39.2 Å². The fourth-order valence-electron chi connectivity index (χ4n) is 2.72. The fraction of sp³-hybridized carbons (Fsp3) is 0.526. The van der Waals surface area contributed by atoms with E-state index in [1.807, 2.05) is 29.2 Å². The topological polar surface area (TPSA) is 38.8 Å². The highest BCUT2D eigenvalue weighted by molar-refractivity contribution is 7.99. The van der Waals surface area contributed by atoms with Crippen LogP contribution in [-0.4, -0.2) is 50.0 Å². The van der Waals surface area contributed by atoms with Crippen molar-refractivity contribution in [3.05, 3.63) is 24.3 Å². The lowest BCUT2D eigenvalue weighted by molar-refractivity contribution is -0.132. The van der Waals surface area contributed by atoms with Crippen molar-refractivity contribution in [1.82, 2.24) is 4.90 Å². The smallest absolute Gasteiger partial charge is 0.223 e. The molecule has 0 radical (unpaired) electrons. The van der Waals surface area contributed by atoms with Crippen molar-refractivity contribution in [2.45, 2.75) is 24.2 Å². The number of likely N-dealkylation sites (tertiary alicyclic amines) is 1. The van der Waals surface area contributed by atoms with E-state index in [1.165, 1.54) is 0 Å². The molecule has 130 valence electrons. The molecule has 24 heavy (non-hydrogen) atoms. The predicted octanol–water partition coefficient (Wildman–Crippen LogP) is 3.07. The molecule has 1 amide bonds. The van der Waals surface area contributed by atoms with Crippen LogP contribution >= 0.6 is 11.8 Å². The summed E-state index contributed by atoms with van der Waals surface area (Å²) in [6, 6.07) is 7.93. The number of thioether (sulfide) groups is 1. The van der Waals surface area contributed by atoms with Crippen LogP contribution in [0.25, 0.3) is 0 Å². The first-order valence-electron chi connectivity index (χ1n) is 8.28. The van der Waals surface area contributed by atoms with Crippen molar-refractivity contribution >= 4 is 17.7 Å². The highest BCUT2D eigenvalue weighted by Gasteiger charge is 2.22. The van der Waals surface area contributed by atoms with Gasteiger partial charge < -0.3 is 14.4 Å². The van der Waals surface area contributed by atoms with Crippen LogP contribution in [-0.2, 0) is 9.53 Å². The number of methoxy groups -OCH3 is 1. The van der Waals surface area contributed by atoms with Crippen molar-refractivity contribution < 1.29 is 14.3 Å². The van der Waals surface area contributed by atoms with E-state index in [9.17, 15) is 4.79 Å². The Bertz CT molecular complexity index is 545. The Morgan fingerprint density at radius 1 is 1.33 bits per heavy atom. The Morgan fingerprint density at radius 2 is 2.04 bits per heavy atom. The third kappa shape index (κ3) is 6.10. The van der Waals surface area contributed by atoms with Crippen molar-refractivity contribution in [2.24, 2.45) is 5.92 Å². The zero-order chi connectivity index (χ0) is 17.2. The Balaban J connectivity index is 1.63. The van der Waals surface area contributed by atoms with Gasteiger partial charge >= 0.3 is 0 Å². The average molecular weight is 347 g/mol. The van der Waals surface area contributed by atoms with Gasteiger partial charge in [0.15, 0.2) is 0 Å². The summed E-state index contributed by atoms with van der Waals surface area (Å²) in [7, 11) is 1.66. The molecular formula is C19H25NO3S. The summed E-state index contributed by atoms with van der Waals surface area (Å²) in [6.07, 6.45) is 7.75. The van der Waals surface area contributed by atoms with Gasteiger partial charge in [0, 0.05) is 30.2 Å². The third-order valence-electron chi connectivity index (χ3n) is 4.15. The van der Waals surface area contributed by atoms with Gasteiger partial charge in [-0.3, -0.25) is 4.79 Å². The zero-order valence-corrected chi connectivity index (χ0v) is 15.0. The number of carbonyl (C=O) groups excluding carboxylic acids is 1. The molecule has 0 spiro atoms. The molecule has 1 heterocycles. The van der Waals surface area contributed by atoms with Crippen LogP contribution in [0.1, 0.15) is 19.3 Å². The van der Waals surface area contributed by atoms with E-state index in [0.717, 1.165) is 42.3 Å². The standard InChI is InChI=1S/C19H25NO3S/c1-3-13-23-15-16-8-11-20(12-9-16)19(21)10-14-24-18-6-4-17(22-2)5-7-18/h1,4-7,16H,8-15H2,2H3. The van der Waals surface area contributed by atoms with Gasteiger partial charge in [0.25, 0.3) is 0 Å². The number of terminal acetylenes is 1. The largest absolute Gasteiger partial charge is 0.497 e. The predicted molar refractivity (Wildman–Crippen MR) is 97.3 cm³/mol. The summed E-state index contributed by atoms with van der Waals surface area (Å²) in [5.41, 5.74) is 0. The number of hydrogen-bond acceptors (Lipinski definition) is 4. The molecule has 0 aromatic heterocycles. The Morgan fingerprint density at radius 3 is 2.67 bits per heavy atom. The minimum atomic E-state index is 0.249. The third-order valence-corrected chi connectivity index (χ3v) is 5.16. The second-order valence-electron chi connectivity index (χ2n) is 5.82. The molecule has 1 fully saturated rings. The van der Waals surface area contributed by atoms with Crippen LogP contribution < -0.4 is 4.74 Å². The summed E-state index contributed by atoms with van der Waals surface area (Å²) in [6.45, 7) is 2.74. The maximum absolute atomic E-state index is 12.3. The van der Waals surface area contributed by atoms with Gasteiger partial charge in [-0.1, -0.05) is 5.92 Å². The molecule has 0 bridgehead atoms. The van der Waals surface area contributed by atoms with Crippen LogP contribution in [0.15, 0.2) is 29.2 Å². The second kappa shape index (κ2) is 10.3. The van der Waals surface area contributed by atoms with Crippen LogP contribution in [0.2, 0.25) is 0 Å². The molecule has 0 N–H and O–H groups in total. The van der Waals surface area contributed by atoms with Crippen LogP contribution in [0.5, 0.6) is 5.75 Å². The molecular weight excluding hydrogens is 322 g/mol. The first-order valence-corrected chi connectivity index (χ1v) is 9.27. The summed E-state index contributed by atoms with van der Waals surface area (Å²) in [4.78, 5) is 15.4. The van der Waals surface area contributed by atoms with E-state index in [1.54, 1.807) is 18.9 Å². The van der Waals surface area contributed by atoms with Crippen molar-refractivity contribution in [1.29, 1.82) is 0 Å². The zero-order valence-electron chi connectivity index (χ0n) is 14.2. The molecule has 0 saturated carbocycles. The maximum atomic E-state index is 12.3. The van der Waals surface area contributed by atoms with Crippen LogP contribution in [0.3, 0.4) is 0 Å². The Hall–Kier alpha value is -1.64. The van der Waals surface area contributed by atoms with Gasteiger partial charge in [-0.2, -0.15) is 0 Å². The maximum Gasteiger partial charge on any atom is 0.223 e. The molecule has 1 aromatic rings. The highest BCUT2D eigenvalue weighted by atomic mass is 32.2. The van der Waals surface area contributed by atoms with E-state index in [-0.39, 0.29) is 5.91 Å². The monoisotopic (exact) mass is 347 g/mol. The fourth-order valence-corrected chi connectivity index (χ4v) is 3.56. The molecule has 4 nitrogen and oxygen atoms in total. The van der Waals surface area contributed by atoms with E-state index in [2.05, 4.69) is 5.92 Å². The van der Waals surface area contributed by atoms with Gasteiger partial charge in [-0.05, 0) is 43.0 Å². The molecule has 1 saturated heterocycles. The quantitative estimate of drug-likeness (QED) is 0.412. The SMILES string of the molecule is C#CCOCC1CCN(C(=O)CCSc2ccc(OC)cc2)CC1. The molecule has 1 aliphatic rings. The van der Waals surface area contributed by atoms with Crippen molar-refractivity contribution in [3.8, 4) is 18.1 Å². The number of piperidine rings is 1. The molecule has 2 rings (SSSR count). The van der Waals surface area contributed by atoms with Crippen LogP contribution in [0, 0.1) is 18.3 Å². The minimum absolute atomic E-state index is 0.249. The van der Waals surface area contributed by atoms with E-state index < -0.39 is 0 Å². The minimum Gasteiger partial charge on any atom is -0.497 e. The van der Waals surface area contributed by atoms with Gasteiger partial charge in [0.05, 0.1) is 13.7 Å². The molecule has 0 unspecified atom stereocenters. The number of hydrogen-bond donors (Lipinski definition) is 0. The van der Waals surface area contributed by atoms with E-state index in [4.69, 9.17) is 15.9 Å². The Kier molecular flexibility index (Phi) is 8.00. The first kappa shape index (κ1) is 18.7. The lowest BCUT2D eigenvalue weighted by Crippen LogP contribution is -2.39. The number of ether oxygens (including phenoxy) is 2. The lowest BCUT2D eigenvalue weighted by atomic mass is 9.97. The summed E-state index contributed by atoms with van der Waals surface area (Å²) < 4.78 is 10.5. The molecule has 0 atom stereocenters. The lowest BCUT2D eigenvalue weighted by Gasteiger charge is -2.31. The van der Waals surface area contributed by atoms with Gasteiger partial charge in [-0.15, -0.1) is 18.2 Å². The Labute approximate surface area is 148 Å². The summed E-state index contributed by atoms with van der Waals surface area (Å²) in [5.74, 6) is 4.91. The first-order chi connectivity index (χ1) is 11.7. The van der Waals surface area contributed by atoms with Gasteiger partial charge in [-0.25, -0.2) is 0 Å². The number of benzene rings is 1. The van der Waals surface area contributed by atoms with E-state index in [0.29, 0.717) is 25.6 Å². The van der Waals surface area contributed by atoms with Crippen LogP contribution in [0.4, 0.5) is 0 Å². The molecule has 5 heteroatoms. The summed E-state index contributed by atoms with van der Waals surface area (Å²) in [5, 5.41) is 0. The van der Waals surface area contributed by atoms with Gasteiger partial charge in [0.1, 0.15) is 12.4 Å². The van der Waals surface area contributed by atoms with E-state index >= 15 is 0 Å².